The number of carbonyl (C=O) groups is 1. The second kappa shape index (κ2) is 5.14. The van der Waals surface area contributed by atoms with Gasteiger partial charge in [-0.1, -0.05) is 30.3 Å². The molecule has 0 radical (unpaired) electrons. The molecule has 2 aromatic rings. The van der Waals surface area contributed by atoms with Gasteiger partial charge in [-0.25, -0.2) is 0 Å². The number of aromatic carboxylic acids is 1. The predicted octanol–water partition coefficient (Wildman–Crippen LogP) is -1.25. The fourth-order valence-electron chi connectivity index (χ4n) is 2.07. The van der Waals surface area contributed by atoms with E-state index in [4.69, 9.17) is 4.74 Å². The van der Waals surface area contributed by atoms with Crippen molar-refractivity contribution in [2.24, 2.45) is 0 Å². The number of fused-ring (bicyclic) bond motifs is 2. The minimum absolute atomic E-state index is 0. The maximum absolute atomic E-state index is 11.0. The van der Waals surface area contributed by atoms with Crippen LogP contribution in [0.2, 0.25) is 0 Å². The number of carbonyl (C=O) groups excluding carboxylic acids is 1. The van der Waals surface area contributed by atoms with E-state index in [1.807, 2.05) is 30.3 Å². The number of para-hydroxylation sites is 2. The van der Waals surface area contributed by atoms with Crippen LogP contribution >= 0.6 is 0 Å². The Labute approximate surface area is 127 Å². The van der Waals surface area contributed by atoms with Crippen molar-refractivity contribution in [2.45, 2.75) is 6.42 Å². The fraction of sp³-hybridized carbons (Fsp3) is 0.0714. The van der Waals surface area contributed by atoms with Gasteiger partial charge in [-0.15, -0.1) is 0 Å². The minimum atomic E-state index is -1.21. The van der Waals surface area contributed by atoms with E-state index in [1.54, 1.807) is 6.07 Å². The molecule has 0 saturated heterocycles. The Morgan fingerprint density at radius 1 is 1.06 bits per heavy atom. The second-order valence-corrected chi connectivity index (χ2v) is 3.97. The van der Waals surface area contributed by atoms with E-state index in [9.17, 15) is 9.90 Å². The summed E-state index contributed by atoms with van der Waals surface area (Å²) in [6, 6.07) is 12.7. The molecule has 0 aliphatic carbocycles. The number of hydrogen-bond acceptors (Lipinski definition) is 3. The Hall–Kier alpha value is -1.29. The summed E-state index contributed by atoms with van der Waals surface area (Å²) >= 11 is 0. The summed E-state index contributed by atoms with van der Waals surface area (Å²) in [6.45, 7) is 0. The van der Waals surface area contributed by atoms with Gasteiger partial charge in [-0.3, -0.25) is 0 Å². The van der Waals surface area contributed by atoms with E-state index in [1.165, 1.54) is 6.07 Å². The van der Waals surface area contributed by atoms with Gasteiger partial charge in [0.15, 0.2) is 0 Å². The van der Waals surface area contributed by atoms with Crippen LogP contribution in [0.5, 0.6) is 11.5 Å². The first-order valence-electron chi connectivity index (χ1n) is 5.34. The zero-order chi connectivity index (χ0) is 11.8. The van der Waals surface area contributed by atoms with Gasteiger partial charge in [0.2, 0.25) is 0 Å². The predicted molar refractivity (Wildman–Crippen MR) is 60.1 cm³/mol. The third-order valence-corrected chi connectivity index (χ3v) is 2.88. The van der Waals surface area contributed by atoms with Gasteiger partial charge in [0.1, 0.15) is 11.5 Å². The molecule has 1 aliphatic rings. The molecule has 0 unspecified atom stereocenters. The first-order chi connectivity index (χ1) is 8.25. The molecule has 4 heteroatoms. The van der Waals surface area contributed by atoms with Crippen molar-refractivity contribution in [3.63, 3.8) is 0 Å². The van der Waals surface area contributed by atoms with Crippen LogP contribution in [0.4, 0.5) is 0 Å². The Morgan fingerprint density at radius 2 is 1.78 bits per heavy atom. The normalized spacial score (nSPS) is 11.6. The van der Waals surface area contributed by atoms with Crippen LogP contribution < -0.4 is 39.4 Å². The van der Waals surface area contributed by atoms with Crippen LogP contribution in [-0.4, -0.2) is 5.97 Å². The number of ether oxygens (including phenoxy) is 1. The molecule has 3 nitrogen and oxygen atoms in total. The number of rotatable bonds is 1. The zero-order valence-corrected chi connectivity index (χ0v) is 12.0. The van der Waals surface area contributed by atoms with Crippen LogP contribution in [-0.2, 0) is 6.42 Å². The summed E-state index contributed by atoms with van der Waals surface area (Å²) < 4.78 is 5.65. The standard InChI is InChI=1S/C14H10O3.Na/c15-14(16)11-6-3-5-10-8-9-4-1-2-7-12(9)17-13(10)11;/h1-7H,8H2,(H,15,16);/q;+1/p-1. The number of benzene rings is 2. The van der Waals surface area contributed by atoms with Crippen molar-refractivity contribution in [3.8, 4) is 11.5 Å². The summed E-state index contributed by atoms with van der Waals surface area (Å²) in [7, 11) is 0. The van der Waals surface area contributed by atoms with Gasteiger partial charge >= 0.3 is 29.6 Å². The van der Waals surface area contributed by atoms with Gasteiger partial charge in [-0.05, 0) is 23.3 Å². The topological polar surface area (TPSA) is 49.4 Å². The third kappa shape index (κ3) is 2.17. The first-order valence-corrected chi connectivity index (χ1v) is 5.34. The van der Waals surface area contributed by atoms with Gasteiger partial charge in [-0.2, -0.15) is 0 Å². The summed E-state index contributed by atoms with van der Waals surface area (Å²) in [4.78, 5) is 11.0. The van der Waals surface area contributed by atoms with E-state index in [0.29, 0.717) is 17.9 Å². The molecule has 18 heavy (non-hydrogen) atoms. The summed E-state index contributed by atoms with van der Waals surface area (Å²) in [6.07, 6.45) is 0.687. The largest absolute Gasteiger partial charge is 1.00 e. The Kier molecular flexibility index (Phi) is 3.76. The molecule has 0 amide bonds. The fourth-order valence-corrected chi connectivity index (χ4v) is 2.07. The van der Waals surface area contributed by atoms with Gasteiger partial charge in [0, 0.05) is 12.0 Å². The van der Waals surface area contributed by atoms with E-state index in [0.717, 1.165) is 11.1 Å². The molecular formula is C14H9NaO3. The summed E-state index contributed by atoms with van der Waals surface area (Å²) in [5.41, 5.74) is 2.05. The molecule has 0 bridgehead atoms. The average molecular weight is 248 g/mol. The molecule has 0 aromatic heterocycles. The SMILES string of the molecule is O=C([O-])c1cccc2c1Oc1ccccc1C2.[Na+]. The Morgan fingerprint density at radius 3 is 2.56 bits per heavy atom. The number of carboxylic acid groups (broad SMARTS) is 1. The van der Waals surface area contributed by atoms with Crippen molar-refractivity contribution in [3.05, 3.63) is 59.2 Å². The average Bonchev–Trinajstić information content (AvgIpc) is 2.35. The van der Waals surface area contributed by atoms with Crippen molar-refractivity contribution in [2.75, 3.05) is 0 Å². The Balaban J connectivity index is 0.00000120. The maximum atomic E-state index is 11.0. The van der Waals surface area contributed by atoms with E-state index in [2.05, 4.69) is 0 Å². The smallest absolute Gasteiger partial charge is 0.545 e. The van der Waals surface area contributed by atoms with Crippen molar-refractivity contribution >= 4 is 5.97 Å². The summed E-state index contributed by atoms with van der Waals surface area (Å²) in [5, 5.41) is 11.0. The molecular weight excluding hydrogens is 239 g/mol. The molecule has 0 spiro atoms. The number of hydrogen-bond donors (Lipinski definition) is 0. The van der Waals surface area contributed by atoms with Gasteiger partial charge in [0.25, 0.3) is 0 Å². The van der Waals surface area contributed by atoms with Crippen LogP contribution in [0.25, 0.3) is 0 Å². The van der Waals surface area contributed by atoms with Crippen LogP contribution in [0.15, 0.2) is 42.5 Å². The van der Waals surface area contributed by atoms with E-state index < -0.39 is 5.97 Å². The molecule has 3 rings (SSSR count). The van der Waals surface area contributed by atoms with Crippen LogP contribution in [0.3, 0.4) is 0 Å². The molecule has 2 aromatic carbocycles. The molecule has 1 heterocycles. The van der Waals surface area contributed by atoms with Crippen molar-refractivity contribution < 1.29 is 44.2 Å². The second-order valence-electron chi connectivity index (χ2n) is 3.97. The van der Waals surface area contributed by atoms with Gasteiger partial charge < -0.3 is 14.6 Å². The molecule has 0 N–H and O–H groups in total. The quantitative estimate of drug-likeness (QED) is 0.506. The molecule has 0 fully saturated rings. The maximum Gasteiger partial charge on any atom is 1.00 e. The number of carboxylic acids is 1. The van der Waals surface area contributed by atoms with E-state index in [-0.39, 0.29) is 35.1 Å². The summed E-state index contributed by atoms with van der Waals surface area (Å²) in [5.74, 6) is -0.0823. The molecule has 84 valence electrons. The van der Waals surface area contributed by atoms with Crippen LogP contribution in [0.1, 0.15) is 21.5 Å². The molecule has 1 aliphatic heterocycles. The Bertz CT molecular complexity index is 608. The third-order valence-electron chi connectivity index (χ3n) is 2.88. The van der Waals surface area contributed by atoms with Crippen LogP contribution in [0, 0.1) is 0 Å². The first kappa shape index (κ1) is 13.1. The van der Waals surface area contributed by atoms with Gasteiger partial charge in [0.05, 0.1) is 5.97 Å². The zero-order valence-electron chi connectivity index (χ0n) is 9.97. The van der Waals surface area contributed by atoms with Crippen molar-refractivity contribution in [1.82, 2.24) is 0 Å². The minimum Gasteiger partial charge on any atom is -0.545 e. The van der Waals surface area contributed by atoms with Crippen molar-refractivity contribution in [1.29, 1.82) is 0 Å². The molecule has 0 atom stereocenters. The monoisotopic (exact) mass is 248 g/mol. The molecule has 0 saturated carbocycles. The van der Waals surface area contributed by atoms with E-state index >= 15 is 0 Å².